The molecule has 0 N–H and O–H groups in total. The van der Waals surface area contributed by atoms with Crippen molar-refractivity contribution in [2.75, 3.05) is 0 Å². The first kappa shape index (κ1) is 14.5. The molecule has 0 aliphatic heterocycles. The Morgan fingerprint density at radius 1 is 1.20 bits per heavy atom. The average Bonchev–Trinajstić information content (AvgIpc) is 2.88. The summed E-state index contributed by atoms with van der Waals surface area (Å²) in [6, 6.07) is 12.2. The van der Waals surface area contributed by atoms with Crippen molar-refractivity contribution >= 4 is 5.78 Å². The molecule has 0 atom stereocenters. The number of benzene rings is 1. The zero-order valence-electron chi connectivity index (χ0n) is 12.6. The standard InChI is InChI=1S/C17H22N2O/c1-13(2)19-11-10-15(18-19)12-16(20)17(3,4)14-8-6-5-7-9-14/h5-11,13H,12H2,1-4H3. The van der Waals surface area contributed by atoms with E-state index in [2.05, 4.69) is 18.9 Å². The van der Waals surface area contributed by atoms with E-state index in [0.717, 1.165) is 11.3 Å². The third-order valence-electron chi connectivity index (χ3n) is 3.73. The lowest BCUT2D eigenvalue weighted by Gasteiger charge is -2.23. The Morgan fingerprint density at radius 3 is 2.40 bits per heavy atom. The molecule has 0 radical (unpaired) electrons. The van der Waals surface area contributed by atoms with Crippen LogP contribution in [0.2, 0.25) is 0 Å². The van der Waals surface area contributed by atoms with E-state index >= 15 is 0 Å². The summed E-state index contributed by atoms with van der Waals surface area (Å²) >= 11 is 0. The van der Waals surface area contributed by atoms with Gasteiger partial charge in [-0.15, -0.1) is 0 Å². The second-order valence-corrected chi connectivity index (χ2v) is 5.97. The molecule has 1 heterocycles. The predicted octanol–water partition coefficient (Wildman–Crippen LogP) is 3.55. The third kappa shape index (κ3) is 2.98. The van der Waals surface area contributed by atoms with Gasteiger partial charge in [-0.1, -0.05) is 30.3 Å². The molecular weight excluding hydrogens is 248 g/mol. The van der Waals surface area contributed by atoms with E-state index in [-0.39, 0.29) is 5.78 Å². The van der Waals surface area contributed by atoms with Gasteiger partial charge >= 0.3 is 0 Å². The van der Waals surface area contributed by atoms with Crippen molar-refractivity contribution in [3.8, 4) is 0 Å². The molecule has 0 aliphatic rings. The van der Waals surface area contributed by atoms with Crippen LogP contribution in [0.1, 0.15) is 45.0 Å². The van der Waals surface area contributed by atoms with E-state index in [1.165, 1.54) is 0 Å². The van der Waals surface area contributed by atoms with Crippen molar-refractivity contribution in [1.29, 1.82) is 0 Å². The number of rotatable bonds is 5. The van der Waals surface area contributed by atoms with Crippen LogP contribution in [0.25, 0.3) is 0 Å². The predicted molar refractivity (Wildman–Crippen MR) is 80.8 cm³/mol. The summed E-state index contributed by atoms with van der Waals surface area (Å²) in [5.74, 6) is 0.192. The van der Waals surface area contributed by atoms with E-state index in [1.807, 2.05) is 61.1 Å². The fourth-order valence-electron chi connectivity index (χ4n) is 2.16. The molecule has 0 spiro atoms. The van der Waals surface area contributed by atoms with E-state index in [4.69, 9.17) is 0 Å². The molecule has 3 nitrogen and oxygen atoms in total. The number of hydrogen-bond donors (Lipinski definition) is 0. The summed E-state index contributed by atoms with van der Waals surface area (Å²) < 4.78 is 1.89. The SMILES string of the molecule is CC(C)n1ccc(CC(=O)C(C)(C)c2ccccc2)n1. The first-order chi connectivity index (χ1) is 9.41. The summed E-state index contributed by atoms with van der Waals surface area (Å²) in [6.07, 6.45) is 2.31. The Bertz CT molecular complexity index is 582. The van der Waals surface area contributed by atoms with Crippen LogP contribution in [-0.4, -0.2) is 15.6 Å². The zero-order valence-corrected chi connectivity index (χ0v) is 12.6. The Morgan fingerprint density at radius 2 is 1.85 bits per heavy atom. The molecule has 20 heavy (non-hydrogen) atoms. The van der Waals surface area contributed by atoms with Gasteiger partial charge in [0.15, 0.2) is 0 Å². The monoisotopic (exact) mass is 270 g/mol. The maximum absolute atomic E-state index is 12.6. The van der Waals surface area contributed by atoms with Crippen molar-refractivity contribution in [2.24, 2.45) is 0 Å². The molecule has 2 rings (SSSR count). The van der Waals surface area contributed by atoms with Gasteiger partial charge in [0.05, 0.1) is 12.1 Å². The Hall–Kier alpha value is -1.90. The quantitative estimate of drug-likeness (QED) is 0.832. The lowest BCUT2D eigenvalue weighted by molar-refractivity contribution is -0.122. The van der Waals surface area contributed by atoms with Gasteiger partial charge in [-0.2, -0.15) is 5.10 Å². The van der Waals surface area contributed by atoms with Crippen LogP contribution in [-0.2, 0) is 16.6 Å². The topological polar surface area (TPSA) is 34.9 Å². The first-order valence-corrected chi connectivity index (χ1v) is 7.04. The van der Waals surface area contributed by atoms with Gasteiger partial charge < -0.3 is 0 Å². The molecule has 0 saturated carbocycles. The second kappa shape index (κ2) is 5.61. The minimum Gasteiger partial charge on any atom is -0.298 e. The highest BCUT2D eigenvalue weighted by molar-refractivity contribution is 5.90. The molecule has 0 fully saturated rings. The Labute approximate surface area is 120 Å². The van der Waals surface area contributed by atoms with E-state index in [0.29, 0.717) is 12.5 Å². The van der Waals surface area contributed by atoms with Gasteiger partial charge in [0.1, 0.15) is 5.78 Å². The van der Waals surface area contributed by atoms with Gasteiger partial charge in [-0.05, 0) is 39.3 Å². The van der Waals surface area contributed by atoms with Gasteiger partial charge in [0, 0.05) is 17.7 Å². The number of carbonyl (C=O) groups excluding carboxylic acids is 1. The number of ketones is 1. The smallest absolute Gasteiger partial charge is 0.148 e. The summed E-state index contributed by atoms with van der Waals surface area (Å²) in [4.78, 5) is 12.6. The summed E-state index contributed by atoms with van der Waals surface area (Å²) in [5.41, 5.74) is 1.41. The number of hydrogen-bond acceptors (Lipinski definition) is 2. The second-order valence-electron chi connectivity index (χ2n) is 5.97. The third-order valence-corrected chi connectivity index (χ3v) is 3.73. The van der Waals surface area contributed by atoms with Crippen LogP contribution in [0.3, 0.4) is 0 Å². The van der Waals surface area contributed by atoms with Crippen LogP contribution in [0.5, 0.6) is 0 Å². The number of carbonyl (C=O) groups is 1. The van der Waals surface area contributed by atoms with Crippen molar-refractivity contribution in [3.05, 3.63) is 53.9 Å². The van der Waals surface area contributed by atoms with E-state index in [9.17, 15) is 4.79 Å². The van der Waals surface area contributed by atoms with Crippen molar-refractivity contribution in [2.45, 2.75) is 45.6 Å². The van der Waals surface area contributed by atoms with Crippen molar-refractivity contribution in [1.82, 2.24) is 9.78 Å². The molecule has 2 aromatic rings. The fourth-order valence-corrected chi connectivity index (χ4v) is 2.16. The number of aromatic nitrogens is 2. The van der Waals surface area contributed by atoms with E-state index in [1.54, 1.807) is 0 Å². The maximum atomic E-state index is 12.6. The molecule has 0 aliphatic carbocycles. The summed E-state index contributed by atoms with van der Waals surface area (Å²) in [5, 5.41) is 4.45. The zero-order chi connectivity index (χ0) is 14.8. The molecule has 106 valence electrons. The molecular formula is C17H22N2O. The van der Waals surface area contributed by atoms with Crippen LogP contribution in [0.4, 0.5) is 0 Å². The van der Waals surface area contributed by atoms with Crippen LogP contribution in [0, 0.1) is 0 Å². The van der Waals surface area contributed by atoms with Crippen LogP contribution in [0.15, 0.2) is 42.6 Å². The van der Waals surface area contributed by atoms with Gasteiger partial charge in [0.25, 0.3) is 0 Å². The van der Waals surface area contributed by atoms with Crippen molar-refractivity contribution < 1.29 is 4.79 Å². The minimum atomic E-state index is -0.483. The van der Waals surface area contributed by atoms with E-state index < -0.39 is 5.41 Å². The molecule has 0 unspecified atom stereocenters. The molecule has 0 amide bonds. The summed E-state index contributed by atoms with van der Waals surface area (Å²) in [7, 11) is 0. The van der Waals surface area contributed by atoms with Crippen LogP contribution >= 0.6 is 0 Å². The first-order valence-electron chi connectivity index (χ1n) is 7.04. The number of Topliss-reactive ketones (excluding diaryl/α,β-unsaturated/α-hetero) is 1. The van der Waals surface area contributed by atoms with Gasteiger partial charge in [-0.25, -0.2) is 0 Å². The summed E-state index contributed by atoms with van der Waals surface area (Å²) in [6.45, 7) is 8.10. The molecule has 1 aromatic heterocycles. The minimum absolute atomic E-state index is 0.192. The Kier molecular flexibility index (Phi) is 4.07. The van der Waals surface area contributed by atoms with Crippen LogP contribution < -0.4 is 0 Å². The van der Waals surface area contributed by atoms with Crippen molar-refractivity contribution in [3.63, 3.8) is 0 Å². The lowest BCUT2D eigenvalue weighted by atomic mass is 9.79. The highest BCUT2D eigenvalue weighted by Crippen LogP contribution is 2.25. The highest BCUT2D eigenvalue weighted by Gasteiger charge is 2.29. The maximum Gasteiger partial charge on any atom is 0.148 e. The average molecular weight is 270 g/mol. The largest absolute Gasteiger partial charge is 0.298 e. The molecule has 1 aromatic carbocycles. The Balaban J connectivity index is 2.14. The highest BCUT2D eigenvalue weighted by atomic mass is 16.1. The molecule has 0 saturated heterocycles. The lowest BCUT2D eigenvalue weighted by Crippen LogP contribution is -2.30. The molecule has 3 heteroatoms. The molecule has 0 bridgehead atoms. The fraction of sp³-hybridized carbons (Fsp3) is 0.412. The number of nitrogens with zero attached hydrogens (tertiary/aromatic N) is 2. The van der Waals surface area contributed by atoms with Gasteiger partial charge in [-0.3, -0.25) is 9.48 Å². The van der Waals surface area contributed by atoms with Gasteiger partial charge in [0.2, 0.25) is 0 Å². The normalized spacial score (nSPS) is 11.8.